The van der Waals surface area contributed by atoms with Gasteiger partial charge in [-0.3, -0.25) is 5.32 Å². The van der Waals surface area contributed by atoms with Crippen molar-refractivity contribution in [1.82, 2.24) is 10.6 Å². The lowest BCUT2D eigenvalue weighted by Gasteiger charge is -2.07. The number of aliphatic hydroxyl groups is 1. The number of rotatable bonds is 4. The van der Waals surface area contributed by atoms with Crippen molar-refractivity contribution in [2.45, 2.75) is 13.2 Å². The van der Waals surface area contributed by atoms with Gasteiger partial charge < -0.3 is 10.4 Å². The molecule has 0 aliphatic rings. The molecule has 1 atom stereocenters. The van der Waals surface area contributed by atoms with E-state index >= 15 is 0 Å². The van der Waals surface area contributed by atoms with E-state index in [4.69, 9.17) is 5.11 Å². The smallest absolute Gasteiger partial charge is 0.117 e. The van der Waals surface area contributed by atoms with E-state index in [-0.39, 0.29) is 0 Å². The van der Waals surface area contributed by atoms with E-state index in [1.165, 1.54) is 0 Å². The molecule has 3 heteroatoms. The Morgan fingerprint density at radius 1 is 1.62 bits per heavy atom. The molecule has 3 nitrogen and oxygen atoms in total. The highest BCUT2D eigenvalue weighted by molar-refractivity contribution is 4.50. The maximum absolute atomic E-state index is 8.82. The molecule has 0 saturated carbocycles. The predicted octanol–water partition coefficient (Wildman–Crippen LogP) is -0.866. The maximum atomic E-state index is 8.82. The van der Waals surface area contributed by atoms with Crippen molar-refractivity contribution in [3.8, 4) is 0 Å². The van der Waals surface area contributed by atoms with Crippen molar-refractivity contribution in [2.75, 3.05) is 20.1 Å². The van der Waals surface area contributed by atoms with Gasteiger partial charge in [-0.2, -0.15) is 0 Å². The predicted molar refractivity (Wildman–Crippen MR) is 33.6 cm³/mol. The average molecular weight is 118 g/mol. The normalized spacial score (nSPS) is 13.9. The SMILES string of the molecule is CCNCC(O)NC. The lowest BCUT2D eigenvalue weighted by Crippen LogP contribution is -2.35. The summed E-state index contributed by atoms with van der Waals surface area (Å²) in [6.07, 6.45) is -0.407. The number of hydrogen-bond acceptors (Lipinski definition) is 3. The largest absolute Gasteiger partial charge is 0.377 e. The summed E-state index contributed by atoms with van der Waals surface area (Å²) in [5, 5.41) is 14.5. The second-order valence-electron chi connectivity index (χ2n) is 1.61. The van der Waals surface area contributed by atoms with Crippen molar-refractivity contribution in [2.24, 2.45) is 0 Å². The fraction of sp³-hybridized carbons (Fsp3) is 1.00. The Bertz CT molecular complexity index is 49.7. The Hall–Kier alpha value is -0.120. The average Bonchev–Trinajstić information content (AvgIpc) is 1.83. The molecule has 0 aliphatic carbocycles. The van der Waals surface area contributed by atoms with Crippen LogP contribution < -0.4 is 10.6 Å². The van der Waals surface area contributed by atoms with Crippen molar-refractivity contribution >= 4 is 0 Å². The summed E-state index contributed by atoms with van der Waals surface area (Å²) < 4.78 is 0. The third-order valence-corrected chi connectivity index (χ3v) is 0.921. The number of nitrogens with one attached hydrogen (secondary N) is 2. The van der Waals surface area contributed by atoms with Gasteiger partial charge in [-0.05, 0) is 13.6 Å². The fourth-order valence-corrected chi connectivity index (χ4v) is 0.383. The molecule has 0 aromatic rings. The number of aliphatic hydroxyl groups excluding tert-OH is 1. The summed E-state index contributed by atoms with van der Waals surface area (Å²) >= 11 is 0. The molecule has 0 fully saturated rings. The van der Waals surface area contributed by atoms with Crippen LogP contribution in [0.25, 0.3) is 0 Å². The molecule has 0 aromatic heterocycles. The highest BCUT2D eigenvalue weighted by atomic mass is 16.3. The minimum atomic E-state index is -0.407. The van der Waals surface area contributed by atoms with Crippen LogP contribution >= 0.6 is 0 Å². The Morgan fingerprint density at radius 3 is 2.62 bits per heavy atom. The van der Waals surface area contributed by atoms with Crippen LogP contribution in [0.2, 0.25) is 0 Å². The first-order valence-electron chi connectivity index (χ1n) is 2.87. The third kappa shape index (κ3) is 4.05. The van der Waals surface area contributed by atoms with E-state index in [1.54, 1.807) is 7.05 Å². The van der Waals surface area contributed by atoms with Crippen LogP contribution in [0, 0.1) is 0 Å². The molecule has 50 valence electrons. The van der Waals surface area contributed by atoms with Crippen molar-refractivity contribution < 1.29 is 5.11 Å². The Balaban J connectivity index is 2.86. The summed E-state index contributed by atoms with van der Waals surface area (Å²) in [7, 11) is 1.72. The molecule has 0 bridgehead atoms. The van der Waals surface area contributed by atoms with Crippen LogP contribution in [-0.4, -0.2) is 31.5 Å². The van der Waals surface area contributed by atoms with Gasteiger partial charge in [0.25, 0.3) is 0 Å². The van der Waals surface area contributed by atoms with Gasteiger partial charge in [0.05, 0.1) is 0 Å². The summed E-state index contributed by atoms with van der Waals surface area (Å²) in [5.41, 5.74) is 0. The molecule has 0 rings (SSSR count). The Morgan fingerprint density at radius 2 is 2.25 bits per heavy atom. The van der Waals surface area contributed by atoms with Crippen LogP contribution in [0.3, 0.4) is 0 Å². The molecule has 0 amide bonds. The van der Waals surface area contributed by atoms with Gasteiger partial charge >= 0.3 is 0 Å². The molecule has 0 aromatic carbocycles. The van der Waals surface area contributed by atoms with Crippen molar-refractivity contribution in [3.05, 3.63) is 0 Å². The van der Waals surface area contributed by atoms with E-state index in [1.807, 2.05) is 6.92 Å². The molecular weight excluding hydrogens is 104 g/mol. The van der Waals surface area contributed by atoms with Gasteiger partial charge in [0.2, 0.25) is 0 Å². The van der Waals surface area contributed by atoms with Crippen LogP contribution in [0.15, 0.2) is 0 Å². The minimum Gasteiger partial charge on any atom is -0.377 e. The zero-order chi connectivity index (χ0) is 6.41. The zero-order valence-corrected chi connectivity index (χ0v) is 5.44. The molecule has 3 N–H and O–H groups in total. The Labute approximate surface area is 50.1 Å². The lowest BCUT2D eigenvalue weighted by molar-refractivity contribution is 0.145. The highest BCUT2D eigenvalue weighted by Crippen LogP contribution is 1.67. The molecule has 0 spiro atoms. The van der Waals surface area contributed by atoms with Gasteiger partial charge in [-0.15, -0.1) is 0 Å². The lowest BCUT2D eigenvalue weighted by atomic mass is 10.5. The van der Waals surface area contributed by atoms with Gasteiger partial charge in [-0.25, -0.2) is 0 Å². The summed E-state index contributed by atoms with van der Waals surface area (Å²) in [6, 6.07) is 0. The topological polar surface area (TPSA) is 44.3 Å². The van der Waals surface area contributed by atoms with Crippen molar-refractivity contribution in [3.63, 3.8) is 0 Å². The molecule has 0 radical (unpaired) electrons. The van der Waals surface area contributed by atoms with Crippen LogP contribution in [-0.2, 0) is 0 Å². The molecule has 1 unspecified atom stereocenters. The minimum absolute atomic E-state index is 0.407. The first-order valence-corrected chi connectivity index (χ1v) is 2.87. The summed E-state index contributed by atoms with van der Waals surface area (Å²) in [4.78, 5) is 0. The zero-order valence-electron chi connectivity index (χ0n) is 5.44. The van der Waals surface area contributed by atoms with Gasteiger partial charge in [-0.1, -0.05) is 6.92 Å². The van der Waals surface area contributed by atoms with Gasteiger partial charge in [0.1, 0.15) is 6.23 Å². The molecular formula is C5H14N2O. The number of hydrogen-bond donors (Lipinski definition) is 3. The molecule has 0 heterocycles. The quantitative estimate of drug-likeness (QED) is 0.421. The molecule has 0 aliphatic heterocycles. The van der Waals surface area contributed by atoms with Gasteiger partial charge in [0, 0.05) is 6.54 Å². The molecule has 0 saturated heterocycles. The Kier molecular flexibility index (Phi) is 4.95. The van der Waals surface area contributed by atoms with E-state index in [9.17, 15) is 0 Å². The maximum Gasteiger partial charge on any atom is 0.117 e. The second kappa shape index (κ2) is 5.03. The second-order valence-corrected chi connectivity index (χ2v) is 1.61. The third-order valence-electron chi connectivity index (χ3n) is 0.921. The first-order chi connectivity index (χ1) is 3.81. The van der Waals surface area contributed by atoms with E-state index in [0.717, 1.165) is 6.54 Å². The molecule has 8 heavy (non-hydrogen) atoms. The summed E-state index contributed by atoms with van der Waals surface area (Å²) in [6.45, 7) is 3.52. The highest BCUT2D eigenvalue weighted by Gasteiger charge is 1.94. The fourth-order valence-electron chi connectivity index (χ4n) is 0.383. The standard InChI is InChI=1S/C5H14N2O/c1-3-7-4-5(8)6-2/h5-8H,3-4H2,1-2H3. The number of likely N-dealkylation sites (N-methyl/N-ethyl adjacent to an activating group) is 2. The van der Waals surface area contributed by atoms with E-state index < -0.39 is 6.23 Å². The van der Waals surface area contributed by atoms with Crippen LogP contribution in [0.4, 0.5) is 0 Å². The first kappa shape index (κ1) is 7.88. The van der Waals surface area contributed by atoms with E-state index in [0.29, 0.717) is 6.54 Å². The van der Waals surface area contributed by atoms with Crippen LogP contribution in [0.1, 0.15) is 6.92 Å². The van der Waals surface area contributed by atoms with E-state index in [2.05, 4.69) is 10.6 Å². The van der Waals surface area contributed by atoms with Gasteiger partial charge in [0.15, 0.2) is 0 Å². The summed E-state index contributed by atoms with van der Waals surface area (Å²) in [5.74, 6) is 0. The van der Waals surface area contributed by atoms with Crippen LogP contribution in [0.5, 0.6) is 0 Å². The monoisotopic (exact) mass is 118 g/mol. The van der Waals surface area contributed by atoms with Crippen molar-refractivity contribution in [1.29, 1.82) is 0 Å².